The first-order chi connectivity index (χ1) is 13.4. The quantitative estimate of drug-likeness (QED) is 0.642. The summed E-state index contributed by atoms with van der Waals surface area (Å²) in [5, 5.41) is 6.41. The normalized spacial score (nSPS) is 11.5. The molecule has 3 rings (SSSR count). The highest BCUT2D eigenvalue weighted by molar-refractivity contribution is 5.98. The van der Waals surface area contributed by atoms with Crippen molar-refractivity contribution in [3.05, 3.63) is 71.6 Å². The van der Waals surface area contributed by atoms with E-state index in [4.69, 9.17) is 14.0 Å². The van der Waals surface area contributed by atoms with E-state index in [0.717, 1.165) is 5.75 Å². The lowest BCUT2D eigenvalue weighted by Crippen LogP contribution is -2.30. The Labute approximate surface area is 162 Å². The number of nitrogens with zero attached hydrogens (tertiary/aromatic N) is 1. The van der Waals surface area contributed by atoms with Crippen LogP contribution in [-0.4, -0.2) is 23.1 Å². The van der Waals surface area contributed by atoms with Crippen LogP contribution in [0.2, 0.25) is 0 Å². The van der Waals surface area contributed by atoms with Gasteiger partial charge in [0.05, 0.1) is 5.69 Å². The number of hydrogen-bond donors (Lipinski definition) is 1. The summed E-state index contributed by atoms with van der Waals surface area (Å²) < 4.78 is 15.9. The standard InChI is InChI=1S/C21H20N2O5/c1-13-19(14(2)28-23-13)21(25)26-15(3)20(24)22-16-9-11-18(12-10-16)27-17-7-5-4-6-8-17/h4-12,15H,1-3H3,(H,22,24)/t15-/m1/s1. The smallest absolute Gasteiger partial charge is 0.344 e. The van der Waals surface area contributed by atoms with Gasteiger partial charge in [-0.05, 0) is 57.2 Å². The Morgan fingerprint density at radius 3 is 2.25 bits per heavy atom. The molecule has 1 atom stereocenters. The van der Waals surface area contributed by atoms with Gasteiger partial charge in [-0.3, -0.25) is 4.79 Å². The molecule has 7 heteroatoms. The van der Waals surface area contributed by atoms with Crippen LogP contribution in [0.3, 0.4) is 0 Å². The summed E-state index contributed by atoms with van der Waals surface area (Å²) in [4.78, 5) is 24.5. The Morgan fingerprint density at radius 2 is 1.64 bits per heavy atom. The van der Waals surface area contributed by atoms with Gasteiger partial charge in [-0.15, -0.1) is 0 Å². The van der Waals surface area contributed by atoms with E-state index in [9.17, 15) is 9.59 Å². The highest BCUT2D eigenvalue weighted by Crippen LogP contribution is 2.23. The predicted octanol–water partition coefficient (Wildman–Crippen LogP) is 4.27. The van der Waals surface area contributed by atoms with Crippen LogP contribution in [0.25, 0.3) is 0 Å². The molecule has 0 aliphatic rings. The van der Waals surface area contributed by atoms with Crippen molar-refractivity contribution >= 4 is 17.6 Å². The number of anilines is 1. The lowest BCUT2D eigenvalue weighted by atomic mass is 10.2. The molecule has 1 N–H and O–H groups in total. The average molecular weight is 380 g/mol. The van der Waals surface area contributed by atoms with Crippen molar-refractivity contribution in [3.8, 4) is 11.5 Å². The molecule has 0 aliphatic carbocycles. The number of hydrogen-bond acceptors (Lipinski definition) is 6. The van der Waals surface area contributed by atoms with E-state index in [0.29, 0.717) is 22.9 Å². The summed E-state index contributed by atoms with van der Waals surface area (Å²) in [6, 6.07) is 16.3. The van der Waals surface area contributed by atoms with Gasteiger partial charge >= 0.3 is 5.97 Å². The van der Waals surface area contributed by atoms with Gasteiger partial charge < -0.3 is 19.3 Å². The number of para-hydroxylation sites is 1. The molecule has 144 valence electrons. The van der Waals surface area contributed by atoms with Crippen LogP contribution in [0, 0.1) is 13.8 Å². The number of amides is 1. The minimum absolute atomic E-state index is 0.238. The molecule has 0 saturated carbocycles. The minimum Gasteiger partial charge on any atom is -0.457 e. The topological polar surface area (TPSA) is 90.7 Å². The number of esters is 1. The van der Waals surface area contributed by atoms with E-state index >= 15 is 0 Å². The van der Waals surface area contributed by atoms with Crippen molar-refractivity contribution in [2.45, 2.75) is 26.9 Å². The fraction of sp³-hybridized carbons (Fsp3) is 0.190. The highest BCUT2D eigenvalue weighted by atomic mass is 16.5. The number of carbonyl (C=O) groups is 2. The van der Waals surface area contributed by atoms with E-state index in [2.05, 4.69) is 10.5 Å². The summed E-state index contributed by atoms with van der Waals surface area (Å²) in [6.45, 7) is 4.75. The molecule has 1 aromatic heterocycles. The number of aryl methyl sites for hydroxylation is 2. The minimum atomic E-state index is -0.985. The van der Waals surface area contributed by atoms with Gasteiger partial charge in [-0.2, -0.15) is 0 Å². The Balaban J connectivity index is 1.57. The first-order valence-electron chi connectivity index (χ1n) is 8.71. The Hall–Kier alpha value is -3.61. The number of nitrogens with one attached hydrogen (secondary N) is 1. The zero-order valence-corrected chi connectivity index (χ0v) is 15.8. The number of rotatable bonds is 6. The molecular weight excluding hydrogens is 360 g/mol. The number of ether oxygens (including phenoxy) is 2. The van der Waals surface area contributed by atoms with E-state index in [-0.39, 0.29) is 5.56 Å². The van der Waals surface area contributed by atoms with E-state index in [1.54, 1.807) is 38.1 Å². The molecule has 7 nitrogen and oxygen atoms in total. The average Bonchev–Trinajstić information content (AvgIpc) is 3.02. The predicted molar refractivity (Wildman–Crippen MR) is 102 cm³/mol. The second-order valence-corrected chi connectivity index (χ2v) is 6.18. The van der Waals surface area contributed by atoms with Gasteiger partial charge in [0.15, 0.2) is 6.10 Å². The molecule has 3 aromatic rings. The zero-order valence-electron chi connectivity index (χ0n) is 15.8. The van der Waals surface area contributed by atoms with Crippen LogP contribution in [0.1, 0.15) is 28.7 Å². The van der Waals surface area contributed by atoms with Crippen molar-refractivity contribution in [2.75, 3.05) is 5.32 Å². The third-order valence-electron chi connectivity index (χ3n) is 3.99. The fourth-order valence-electron chi connectivity index (χ4n) is 2.52. The van der Waals surface area contributed by atoms with Gasteiger partial charge in [0, 0.05) is 5.69 Å². The second-order valence-electron chi connectivity index (χ2n) is 6.18. The number of carbonyl (C=O) groups excluding carboxylic acids is 2. The lowest BCUT2D eigenvalue weighted by Gasteiger charge is -2.14. The lowest BCUT2D eigenvalue weighted by molar-refractivity contribution is -0.123. The van der Waals surface area contributed by atoms with Gasteiger partial charge in [0.2, 0.25) is 0 Å². The number of aromatic nitrogens is 1. The molecule has 0 spiro atoms. The van der Waals surface area contributed by atoms with Crippen molar-refractivity contribution in [1.29, 1.82) is 0 Å². The molecule has 0 aliphatic heterocycles. The summed E-state index contributed by atoms with van der Waals surface area (Å²) in [5.41, 5.74) is 1.22. The molecular formula is C21H20N2O5. The van der Waals surface area contributed by atoms with Gasteiger partial charge in [0.25, 0.3) is 5.91 Å². The third kappa shape index (κ3) is 4.56. The molecule has 1 amide bonds. The van der Waals surface area contributed by atoms with Crippen LogP contribution in [0.5, 0.6) is 11.5 Å². The molecule has 0 radical (unpaired) electrons. The maximum Gasteiger partial charge on any atom is 0.344 e. The van der Waals surface area contributed by atoms with Crippen molar-refractivity contribution in [1.82, 2.24) is 5.16 Å². The highest BCUT2D eigenvalue weighted by Gasteiger charge is 2.24. The number of benzene rings is 2. The van der Waals surface area contributed by atoms with Crippen LogP contribution >= 0.6 is 0 Å². The largest absolute Gasteiger partial charge is 0.457 e. The molecule has 0 bridgehead atoms. The zero-order chi connectivity index (χ0) is 20.1. The van der Waals surface area contributed by atoms with Crippen molar-refractivity contribution in [2.24, 2.45) is 0 Å². The monoisotopic (exact) mass is 380 g/mol. The molecule has 1 heterocycles. The molecule has 0 unspecified atom stereocenters. The van der Waals surface area contributed by atoms with E-state index in [1.165, 1.54) is 6.92 Å². The third-order valence-corrected chi connectivity index (χ3v) is 3.99. The van der Waals surface area contributed by atoms with Gasteiger partial charge in [-0.25, -0.2) is 4.79 Å². The molecule has 2 aromatic carbocycles. The van der Waals surface area contributed by atoms with Crippen molar-refractivity contribution in [3.63, 3.8) is 0 Å². The van der Waals surface area contributed by atoms with Crippen LogP contribution in [0.4, 0.5) is 5.69 Å². The van der Waals surface area contributed by atoms with Crippen LogP contribution in [0.15, 0.2) is 59.1 Å². The second kappa shape index (κ2) is 8.39. The Bertz CT molecular complexity index is 945. The van der Waals surface area contributed by atoms with Gasteiger partial charge in [-0.1, -0.05) is 23.4 Å². The van der Waals surface area contributed by atoms with Crippen LogP contribution in [-0.2, 0) is 9.53 Å². The van der Waals surface area contributed by atoms with Crippen molar-refractivity contribution < 1.29 is 23.6 Å². The molecule has 0 fully saturated rings. The summed E-state index contributed by atoms with van der Waals surface area (Å²) in [7, 11) is 0. The molecule has 0 saturated heterocycles. The summed E-state index contributed by atoms with van der Waals surface area (Å²) >= 11 is 0. The van der Waals surface area contributed by atoms with E-state index < -0.39 is 18.0 Å². The maximum absolute atomic E-state index is 12.3. The summed E-state index contributed by atoms with van der Waals surface area (Å²) in [5.74, 6) is 0.618. The maximum atomic E-state index is 12.3. The first kappa shape index (κ1) is 19.2. The van der Waals surface area contributed by atoms with E-state index in [1.807, 2.05) is 30.3 Å². The SMILES string of the molecule is Cc1noc(C)c1C(=O)O[C@H](C)C(=O)Nc1ccc(Oc2ccccc2)cc1. The fourth-order valence-corrected chi connectivity index (χ4v) is 2.52. The Morgan fingerprint density at radius 1 is 1.00 bits per heavy atom. The summed E-state index contributed by atoms with van der Waals surface area (Å²) in [6.07, 6.45) is -0.985. The van der Waals surface area contributed by atoms with Gasteiger partial charge in [0.1, 0.15) is 22.8 Å². The van der Waals surface area contributed by atoms with Crippen LogP contribution < -0.4 is 10.1 Å². The first-order valence-corrected chi connectivity index (χ1v) is 8.71. The molecule has 28 heavy (non-hydrogen) atoms. The Kier molecular flexibility index (Phi) is 5.74.